The molecule has 0 radical (unpaired) electrons. The molecule has 0 spiro atoms. The third kappa shape index (κ3) is 3.48. The number of hydrogen-bond acceptors (Lipinski definition) is 6. The number of fused-ring (bicyclic) bond motifs is 2. The minimum atomic E-state index is -0.398. The van der Waals surface area contributed by atoms with Crippen LogP contribution >= 0.6 is 0 Å². The Kier molecular flexibility index (Phi) is 4.88. The van der Waals surface area contributed by atoms with Crippen LogP contribution in [0.5, 0.6) is 11.5 Å². The number of aromatic nitrogens is 2. The second-order valence-corrected chi connectivity index (χ2v) is 7.33. The van der Waals surface area contributed by atoms with Crippen LogP contribution in [0.15, 0.2) is 71.7 Å². The van der Waals surface area contributed by atoms with Crippen molar-refractivity contribution in [2.24, 2.45) is 0 Å². The summed E-state index contributed by atoms with van der Waals surface area (Å²) >= 11 is 0. The number of rotatable bonds is 4. The lowest BCUT2D eigenvalue weighted by atomic mass is 10.0. The van der Waals surface area contributed by atoms with E-state index in [0.29, 0.717) is 59.1 Å². The van der Waals surface area contributed by atoms with Gasteiger partial charge in [-0.2, -0.15) is 5.26 Å². The normalized spacial score (nSPS) is 12.3. The van der Waals surface area contributed by atoms with Gasteiger partial charge in [0, 0.05) is 17.1 Å². The first-order valence-corrected chi connectivity index (χ1v) is 10.1. The maximum Gasteiger partial charge on any atom is 0.200 e. The molecule has 1 aliphatic heterocycles. The van der Waals surface area contributed by atoms with Gasteiger partial charge in [-0.3, -0.25) is 9.59 Å². The van der Waals surface area contributed by atoms with E-state index in [-0.39, 0.29) is 11.0 Å². The molecule has 156 valence electrons. The molecule has 0 atom stereocenters. The van der Waals surface area contributed by atoms with Crippen LogP contribution < -0.4 is 14.9 Å². The van der Waals surface area contributed by atoms with Crippen molar-refractivity contribution in [2.45, 2.75) is 6.54 Å². The van der Waals surface area contributed by atoms with Gasteiger partial charge in [-0.1, -0.05) is 18.2 Å². The molecule has 4 aromatic rings. The van der Waals surface area contributed by atoms with E-state index in [0.717, 1.165) is 0 Å². The zero-order chi connectivity index (χ0) is 22.1. The number of nitrogens with zero attached hydrogens (tertiary/aromatic N) is 3. The first kappa shape index (κ1) is 19.5. The van der Waals surface area contributed by atoms with E-state index < -0.39 is 5.78 Å². The van der Waals surface area contributed by atoms with Crippen molar-refractivity contribution < 1.29 is 14.3 Å². The number of nitriles is 1. The Morgan fingerprint density at radius 2 is 1.84 bits per heavy atom. The van der Waals surface area contributed by atoms with Crippen LogP contribution in [0, 0.1) is 11.3 Å². The fourth-order valence-electron chi connectivity index (χ4n) is 3.78. The molecule has 0 amide bonds. The molecule has 0 fully saturated rings. The van der Waals surface area contributed by atoms with E-state index in [2.05, 4.69) is 4.98 Å². The molecule has 2 aromatic heterocycles. The molecular formula is C25H17N3O4. The summed E-state index contributed by atoms with van der Waals surface area (Å²) in [5.74, 6) is 0.665. The predicted molar refractivity (Wildman–Crippen MR) is 117 cm³/mol. The van der Waals surface area contributed by atoms with E-state index in [4.69, 9.17) is 14.7 Å². The average Bonchev–Trinajstić information content (AvgIpc) is 2.85. The van der Waals surface area contributed by atoms with Gasteiger partial charge in [0.05, 0.1) is 23.3 Å². The largest absolute Gasteiger partial charge is 0.486 e. The molecule has 7 nitrogen and oxygen atoms in total. The number of para-hydroxylation sites is 1. The van der Waals surface area contributed by atoms with Gasteiger partial charge in [-0.05, 0) is 42.5 Å². The van der Waals surface area contributed by atoms with Crippen molar-refractivity contribution in [3.8, 4) is 17.6 Å². The van der Waals surface area contributed by atoms with Crippen molar-refractivity contribution >= 4 is 16.7 Å². The number of hydrogen-bond donors (Lipinski definition) is 0. The highest BCUT2D eigenvalue weighted by Crippen LogP contribution is 2.31. The summed E-state index contributed by atoms with van der Waals surface area (Å²) in [7, 11) is 0. The number of carbonyl (C=O) groups is 1. The Balaban J connectivity index is 1.62. The molecule has 0 N–H and O–H groups in total. The van der Waals surface area contributed by atoms with Crippen LogP contribution in [-0.2, 0) is 6.54 Å². The van der Waals surface area contributed by atoms with E-state index in [1.807, 2.05) is 22.8 Å². The molecule has 0 aliphatic carbocycles. The zero-order valence-corrected chi connectivity index (χ0v) is 16.9. The summed E-state index contributed by atoms with van der Waals surface area (Å²) in [5.41, 5.74) is 1.70. The highest BCUT2D eigenvalue weighted by atomic mass is 16.6. The van der Waals surface area contributed by atoms with Crippen molar-refractivity contribution in [2.75, 3.05) is 13.2 Å². The number of ether oxygens (including phenoxy) is 2. The van der Waals surface area contributed by atoms with Crippen LogP contribution in [0.1, 0.15) is 27.3 Å². The van der Waals surface area contributed by atoms with Gasteiger partial charge in [0.2, 0.25) is 5.43 Å². The smallest absolute Gasteiger partial charge is 0.200 e. The SMILES string of the molecule is N#Cc1cccc(Cn2cc(C(=O)c3ccc4c(c3)OCCO4)c(=O)c3ccccc32)n1. The first-order chi connectivity index (χ1) is 15.6. The third-order valence-corrected chi connectivity index (χ3v) is 5.29. The Morgan fingerprint density at radius 1 is 1.03 bits per heavy atom. The maximum absolute atomic E-state index is 13.3. The van der Waals surface area contributed by atoms with Gasteiger partial charge < -0.3 is 14.0 Å². The Labute approximate surface area is 183 Å². The second kappa shape index (κ2) is 8.00. The van der Waals surface area contributed by atoms with Crippen LogP contribution in [-0.4, -0.2) is 28.5 Å². The topological polar surface area (TPSA) is 94.2 Å². The third-order valence-electron chi connectivity index (χ3n) is 5.29. The summed E-state index contributed by atoms with van der Waals surface area (Å²) in [4.78, 5) is 30.8. The summed E-state index contributed by atoms with van der Waals surface area (Å²) in [6.45, 7) is 1.16. The number of benzene rings is 2. The number of pyridine rings is 2. The quantitative estimate of drug-likeness (QED) is 0.468. The molecule has 0 unspecified atom stereocenters. The lowest BCUT2D eigenvalue weighted by Crippen LogP contribution is -2.21. The molecule has 0 saturated carbocycles. The number of ketones is 1. The van der Waals surface area contributed by atoms with Crippen LogP contribution in [0.3, 0.4) is 0 Å². The van der Waals surface area contributed by atoms with Crippen molar-refractivity contribution in [1.29, 1.82) is 5.26 Å². The van der Waals surface area contributed by atoms with Crippen molar-refractivity contribution in [3.63, 3.8) is 0 Å². The van der Waals surface area contributed by atoms with E-state index in [1.165, 1.54) is 0 Å². The fraction of sp³-hybridized carbons (Fsp3) is 0.120. The highest BCUT2D eigenvalue weighted by molar-refractivity contribution is 6.10. The Bertz CT molecular complexity index is 1470. The first-order valence-electron chi connectivity index (χ1n) is 10.1. The maximum atomic E-state index is 13.3. The van der Waals surface area contributed by atoms with Gasteiger partial charge in [0.1, 0.15) is 25.0 Å². The van der Waals surface area contributed by atoms with Crippen LogP contribution in [0.4, 0.5) is 0 Å². The van der Waals surface area contributed by atoms with Crippen LogP contribution in [0.2, 0.25) is 0 Å². The number of carbonyl (C=O) groups excluding carboxylic acids is 1. The molecule has 0 saturated heterocycles. The molecule has 3 heterocycles. The fourth-order valence-corrected chi connectivity index (χ4v) is 3.78. The van der Waals surface area contributed by atoms with E-state index >= 15 is 0 Å². The minimum Gasteiger partial charge on any atom is -0.486 e. The summed E-state index contributed by atoms with van der Waals surface area (Å²) in [6, 6.07) is 19.3. The molecule has 7 heteroatoms. The summed E-state index contributed by atoms with van der Waals surface area (Å²) in [5, 5.41) is 9.58. The molecule has 1 aliphatic rings. The Hall–Kier alpha value is -4.44. The lowest BCUT2D eigenvalue weighted by molar-refractivity contribution is 0.103. The van der Waals surface area contributed by atoms with Gasteiger partial charge >= 0.3 is 0 Å². The molecular weight excluding hydrogens is 406 g/mol. The van der Waals surface area contributed by atoms with Gasteiger partial charge in [-0.15, -0.1) is 0 Å². The standard InChI is InChI=1S/C25H17N3O4/c26-13-17-4-3-5-18(27-17)14-28-15-20(25(30)19-6-1-2-7-21(19)28)24(29)16-8-9-22-23(12-16)32-11-10-31-22/h1-9,12,15H,10-11,14H2. The van der Waals surface area contributed by atoms with Gasteiger partial charge in [0.25, 0.3) is 0 Å². The van der Waals surface area contributed by atoms with E-state index in [9.17, 15) is 9.59 Å². The predicted octanol–water partition coefficient (Wildman–Crippen LogP) is 3.32. The minimum absolute atomic E-state index is 0.0526. The van der Waals surface area contributed by atoms with Crippen molar-refractivity contribution in [1.82, 2.24) is 9.55 Å². The average molecular weight is 423 g/mol. The molecule has 0 bridgehead atoms. The van der Waals surface area contributed by atoms with Crippen molar-refractivity contribution in [3.05, 3.63) is 99.6 Å². The second-order valence-electron chi connectivity index (χ2n) is 7.33. The van der Waals surface area contributed by atoms with Crippen LogP contribution in [0.25, 0.3) is 10.9 Å². The zero-order valence-electron chi connectivity index (χ0n) is 16.9. The Morgan fingerprint density at radius 3 is 2.69 bits per heavy atom. The van der Waals surface area contributed by atoms with E-state index in [1.54, 1.807) is 54.7 Å². The monoisotopic (exact) mass is 423 g/mol. The summed E-state index contributed by atoms with van der Waals surface area (Å²) < 4.78 is 12.9. The highest BCUT2D eigenvalue weighted by Gasteiger charge is 2.20. The summed E-state index contributed by atoms with van der Waals surface area (Å²) in [6.07, 6.45) is 1.56. The molecule has 32 heavy (non-hydrogen) atoms. The lowest BCUT2D eigenvalue weighted by Gasteiger charge is -2.18. The van der Waals surface area contributed by atoms with Gasteiger partial charge in [0.15, 0.2) is 17.3 Å². The molecule has 2 aromatic carbocycles. The molecule has 5 rings (SSSR count). The van der Waals surface area contributed by atoms with Gasteiger partial charge in [-0.25, -0.2) is 4.98 Å².